The maximum atomic E-state index is 12.4. The zero-order valence-electron chi connectivity index (χ0n) is 22.2. The van der Waals surface area contributed by atoms with Gasteiger partial charge in [-0.15, -0.1) is 0 Å². The molecule has 2 heterocycles. The summed E-state index contributed by atoms with van der Waals surface area (Å²) < 4.78 is 32.1. The predicted octanol–water partition coefficient (Wildman–Crippen LogP) is -0.332. The second-order valence-corrected chi connectivity index (χ2v) is 9.73. The summed E-state index contributed by atoms with van der Waals surface area (Å²) in [6.07, 6.45) is -6.81. The maximum absolute atomic E-state index is 12.4. The van der Waals surface area contributed by atoms with Gasteiger partial charge in [-0.1, -0.05) is 6.58 Å². The summed E-state index contributed by atoms with van der Waals surface area (Å²) in [6, 6.07) is 2.92. The number of hydrogen-bond donors (Lipinski definition) is 6. The van der Waals surface area contributed by atoms with Crippen molar-refractivity contribution in [3.8, 4) is 17.2 Å². The molecular weight excluding hydrogens is 548 g/mol. The first kappa shape index (κ1) is 30.3. The van der Waals surface area contributed by atoms with Crippen molar-refractivity contribution < 1.29 is 68.6 Å². The second kappa shape index (κ2) is 12.5. The van der Waals surface area contributed by atoms with Crippen LogP contribution in [0, 0.1) is 11.8 Å². The molecule has 0 spiro atoms. The topological polar surface area (TPSA) is 211 Å². The van der Waals surface area contributed by atoms with Gasteiger partial charge in [0.05, 0.1) is 38.1 Å². The number of esters is 1. The first-order chi connectivity index (χ1) is 19.5. The number of phenolic OH excluding ortho intramolecular Hbond substituents is 1. The number of aliphatic hydroxyl groups excluding tert-OH is 4. The summed E-state index contributed by atoms with van der Waals surface area (Å²) in [5, 5.41) is 61.1. The molecular formula is C27H32O14. The van der Waals surface area contributed by atoms with Gasteiger partial charge in [-0.25, -0.2) is 9.59 Å². The Balaban J connectivity index is 1.41. The molecule has 14 heteroatoms. The van der Waals surface area contributed by atoms with E-state index in [0.29, 0.717) is 5.56 Å². The highest BCUT2D eigenvalue weighted by atomic mass is 16.8. The molecule has 0 radical (unpaired) electrons. The molecule has 0 bridgehead atoms. The molecule has 3 aliphatic rings. The van der Waals surface area contributed by atoms with Crippen LogP contribution in [0.3, 0.4) is 0 Å². The third-order valence-corrected chi connectivity index (χ3v) is 7.28. The lowest BCUT2D eigenvalue weighted by Crippen LogP contribution is -2.60. The molecule has 0 aromatic heterocycles. The van der Waals surface area contributed by atoms with Crippen LogP contribution >= 0.6 is 0 Å². The van der Waals surface area contributed by atoms with E-state index in [0.717, 1.165) is 12.3 Å². The highest BCUT2D eigenvalue weighted by molar-refractivity contribution is 5.88. The third-order valence-electron chi connectivity index (χ3n) is 7.28. The Morgan fingerprint density at radius 3 is 2.32 bits per heavy atom. The van der Waals surface area contributed by atoms with E-state index in [9.17, 15) is 40.2 Å². The van der Waals surface area contributed by atoms with Crippen molar-refractivity contribution in [2.45, 2.75) is 49.5 Å². The summed E-state index contributed by atoms with van der Waals surface area (Å²) in [7, 11) is 2.70. The molecule has 1 aromatic rings. The van der Waals surface area contributed by atoms with Crippen molar-refractivity contribution in [1.82, 2.24) is 0 Å². The Hall–Kier alpha value is -3.66. The number of carbonyl (C=O) groups excluding carboxylic acids is 1. The first-order valence-corrected chi connectivity index (χ1v) is 12.6. The Bertz CT molecular complexity index is 1200. The highest BCUT2D eigenvalue weighted by Gasteiger charge is 2.52. The van der Waals surface area contributed by atoms with Gasteiger partial charge in [-0.05, 0) is 35.8 Å². The Morgan fingerprint density at radius 1 is 1.05 bits per heavy atom. The Morgan fingerprint density at radius 2 is 1.71 bits per heavy atom. The molecule has 1 saturated carbocycles. The van der Waals surface area contributed by atoms with Gasteiger partial charge in [-0.2, -0.15) is 0 Å². The fourth-order valence-corrected chi connectivity index (χ4v) is 5.03. The summed E-state index contributed by atoms with van der Waals surface area (Å²) in [5.74, 6) is -3.52. The lowest BCUT2D eigenvalue weighted by Gasteiger charge is -2.42. The number of benzene rings is 1. The number of carboxylic acid groups (broad SMARTS) is 1. The normalized spacial score (nSPS) is 33.1. The third kappa shape index (κ3) is 6.17. The standard InChI is InChI=1S/C27H32O14/c1-11-15(28)8-13-14(25(34)35)9-39-26(20(11)13)41-27-24(33)23(32)22(31)18(40-27)10-38-19(29)5-4-12-6-16(36-2)21(30)17(7-12)37-3/h4-7,9,13,15,18,20,22-24,26-28,30-33H,1,8,10H2,2-3H3,(H,34,35)/b5-4+/t13-,15+,18-,20-,22-,23+,24-,26+,27+/m1/s1. The lowest BCUT2D eigenvalue weighted by atomic mass is 9.85. The van der Waals surface area contributed by atoms with Crippen molar-refractivity contribution in [2.24, 2.45) is 11.8 Å². The molecule has 0 unspecified atom stereocenters. The van der Waals surface area contributed by atoms with Crippen LogP contribution in [0.4, 0.5) is 0 Å². The molecule has 224 valence electrons. The second-order valence-electron chi connectivity index (χ2n) is 9.73. The quantitative estimate of drug-likeness (QED) is 0.125. The Labute approximate surface area is 234 Å². The fourth-order valence-electron chi connectivity index (χ4n) is 5.03. The van der Waals surface area contributed by atoms with Crippen LogP contribution in [0.25, 0.3) is 6.08 Å². The zero-order chi connectivity index (χ0) is 30.0. The molecule has 9 atom stereocenters. The zero-order valence-corrected chi connectivity index (χ0v) is 22.2. The van der Waals surface area contributed by atoms with Crippen LogP contribution < -0.4 is 9.47 Å². The van der Waals surface area contributed by atoms with E-state index in [1.165, 1.54) is 32.4 Å². The van der Waals surface area contributed by atoms with Gasteiger partial charge in [0.15, 0.2) is 17.8 Å². The molecule has 0 amide bonds. The van der Waals surface area contributed by atoms with E-state index < -0.39 is 73.5 Å². The van der Waals surface area contributed by atoms with Gasteiger partial charge >= 0.3 is 11.9 Å². The van der Waals surface area contributed by atoms with E-state index in [2.05, 4.69) is 6.58 Å². The molecule has 2 fully saturated rings. The molecule has 1 aliphatic carbocycles. The number of hydrogen-bond acceptors (Lipinski definition) is 13. The van der Waals surface area contributed by atoms with Gasteiger partial charge in [0.2, 0.25) is 12.0 Å². The minimum atomic E-state index is -1.76. The van der Waals surface area contributed by atoms with Crippen LogP contribution in [-0.4, -0.2) is 107 Å². The number of ether oxygens (including phenoxy) is 6. The number of methoxy groups -OCH3 is 2. The van der Waals surface area contributed by atoms with Crippen molar-refractivity contribution in [3.63, 3.8) is 0 Å². The number of carboxylic acids is 1. The maximum Gasteiger partial charge on any atom is 0.334 e. The number of aromatic hydroxyl groups is 1. The fraction of sp³-hybridized carbons (Fsp3) is 0.481. The Kier molecular flexibility index (Phi) is 9.21. The monoisotopic (exact) mass is 580 g/mol. The van der Waals surface area contributed by atoms with Crippen molar-refractivity contribution >= 4 is 18.0 Å². The minimum Gasteiger partial charge on any atom is -0.502 e. The van der Waals surface area contributed by atoms with Crippen molar-refractivity contribution in [1.29, 1.82) is 0 Å². The van der Waals surface area contributed by atoms with E-state index >= 15 is 0 Å². The van der Waals surface area contributed by atoms with E-state index in [1.54, 1.807) is 0 Å². The van der Waals surface area contributed by atoms with Crippen LogP contribution in [0.2, 0.25) is 0 Å². The molecule has 1 aromatic carbocycles. The van der Waals surface area contributed by atoms with Gasteiger partial charge in [0, 0.05) is 12.0 Å². The van der Waals surface area contributed by atoms with Crippen molar-refractivity contribution in [3.05, 3.63) is 47.8 Å². The summed E-state index contributed by atoms with van der Waals surface area (Å²) >= 11 is 0. The molecule has 14 nitrogen and oxygen atoms in total. The number of aliphatic carboxylic acids is 1. The van der Waals surface area contributed by atoms with E-state index in [-0.39, 0.29) is 34.8 Å². The van der Waals surface area contributed by atoms with Crippen LogP contribution in [0.5, 0.6) is 17.2 Å². The van der Waals surface area contributed by atoms with Gasteiger partial charge in [0.25, 0.3) is 0 Å². The molecule has 41 heavy (non-hydrogen) atoms. The SMILES string of the molecule is C=C1[C@H]2[C@H](O[C@@H]3O[C@H](COC(=O)/C=C/c4cc(OC)c(O)c(OC)c4)[C@@H](O)[C@H](O)[C@H]3O)OC=C(C(=O)O)[C@H]2C[C@@H]1O. The number of rotatable bonds is 9. The molecule has 2 aliphatic heterocycles. The smallest absolute Gasteiger partial charge is 0.334 e. The minimum absolute atomic E-state index is 0.0739. The molecule has 6 N–H and O–H groups in total. The number of fused-ring (bicyclic) bond motifs is 1. The molecule has 1 saturated heterocycles. The largest absolute Gasteiger partial charge is 0.502 e. The van der Waals surface area contributed by atoms with Gasteiger partial charge < -0.3 is 59.1 Å². The molecule has 4 rings (SSSR count). The lowest BCUT2D eigenvalue weighted by molar-refractivity contribution is -0.339. The van der Waals surface area contributed by atoms with E-state index in [1.807, 2.05) is 0 Å². The number of carbonyl (C=O) groups is 2. The van der Waals surface area contributed by atoms with Crippen LogP contribution in [0.1, 0.15) is 12.0 Å². The van der Waals surface area contributed by atoms with E-state index in [4.69, 9.17) is 28.4 Å². The van der Waals surface area contributed by atoms with Gasteiger partial charge in [-0.3, -0.25) is 0 Å². The van der Waals surface area contributed by atoms with Gasteiger partial charge in [0.1, 0.15) is 31.0 Å². The number of aliphatic hydroxyl groups is 4. The predicted molar refractivity (Wildman–Crippen MR) is 136 cm³/mol. The average molecular weight is 581 g/mol. The van der Waals surface area contributed by atoms with Crippen molar-refractivity contribution in [2.75, 3.05) is 20.8 Å². The summed E-state index contributed by atoms with van der Waals surface area (Å²) in [4.78, 5) is 24.0. The van der Waals surface area contributed by atoms with Crippen LogP contribution in [0.15, 0.2) is 42.2 Å². The first-order valence-electron chi connectivity index (χ1n) is 12.6. The number of phenols is 1. The summed E-state index contributed by atoms with van der Waals surface area (Å²) in [5.41, 5.74) is 0.646. The average Bonchev–Trinajstić information content (AvgIpc) is 3.25. The highest BCUT2D eigenvalue weighted by Crippen LogP contribution is 2.46. The summed E-state index contributed by atoms with van der Waals surface area (Å²) in [6.45, 7) is 3.28. The van der Waals surface area contributed by atoms with Crippen LogP contribution in [-0.2, 0) is 28.5 Å².